The summed E-state index contributed by atoms with van der Waals surface area (Å²) in [4.78, 5) is 10.7. The van der Waals surface area contributed by atoms with Crippen LogP contribution in [0.2, 0.25) is 5.02 Å². The molecule has 0 bridgehead atoms. The second-order valence-electron chi connectivity index (χ2n) is 6.40. The van der Waals surface area contributed by atoms with Crippen LogP contribution in [0.1, 0.15) is 16.8 Å². The number of benzene rings is 2. The molecule has 0 saturated carbocycles. The van der Waals surface area contributed by atoms with Gasteiger partial charge < -0.3 is 4.74 Å². The number of non-ortho nitro benzene ring substituents is 1. The highest BCUT2D eigenvalue weighted by Crippen LogP contribution is 2.42. The minimum absolute atomic E-state index is 0.0864. The fourth-order valence-electron chi connectivity index (χ4n) is 3.31. The van der Waals surface area contributed by atoms with Gasteiger partial charge in [0.1, 0.15) is 6.07 Å². The number of aryl methyl sites for hydroxylation is 1. The zero-order chi connectivity index (χ0) is 20.7. The standard InChI is InChI=1S/C20H14ClN5O3/c1-11-17-18(12-3-2-4-15(9-12)26(27)28)16(10-22)19(23)29-20(17)25(24-11)14-7-5-13(21)6-8-14/h2-9,19H,23H2,1H3. The monoisotopic (exact) mass is 407 g/mol. The maximum absolute atomic E-state index is 11.2. The number of nitrogens with two attached hydrogens (primary N) is 1. The third kappa shape index (κ3) is 3.12. The van der Waals surface area contributed by atoms with Crippen LogP contribution >= 0.6 is 11.6 Å². The van der Waals surface area contributed by atoms with Gasteiger partial charge in [-0.1, -0.05) is 23.7 Å². The van der Waals surface area contributed by atoms with E-state index in [1.807, 2.05) is 0 Å². The molecule has 0 radical (unpaired) electrons. The van der Waals surface area contributed by atoms with Gasteiger partial charge in [0.05, 0.1) is 27.4 Å². The molecular weight excluding hydrogens is 394 g/mol. The summed E-state index contributed by atoms with van der Waals surface area (Å²) < 4.78 is 7.41. The minimum Gasteiger partial charge on any atom is -0.453 e. The molecule has 2 heterocycles. The summed E-state index contributed by atoms with van der Waals surface area (Å²) in [7, 11) is 0. The van der Waals surface area contributed by atoms with Crippen molar-refractivity contribution in [3.8, 4) is 17.6 Å². The molecule has 1 aromatic heterocycles. The van der Waals surface area contributed by atoms with E-state index in [4.69, 9.17) is 22.1 Å². The largest absolute Gasteiger partial charge is 0.453 e. The van der Waals surface area contributed by atoms with Gasteiger partial charge in [0.2, 0.25) is 5.88 Å². The molecule has 0 fully saturated rings. The molecule has 9 heteroatoms. The average molecular weight is 408 g/mol. The van der Waals surface area contributed by atoms with Gasteiger partial charge in [-0.3, -0.25) is 15.8 Å². The number of aromatic nitrogens is 2. The van der Waals surface area contributed by atoms with Crippen LogP contribution in [0.25, 0.3) is 11.3 Å². The van der Waals surface area contributed by atoms with Crippen LogP contribution in [0.3, 0.4) is 0 Å². The maximum atomic E-state index is 11.2. The van der Waals surface area contributed by atoms with Crippen molar-refractivity contribution in [2.45, 2.75) is 13.2 Å². The minimum atomic E-state index is -1.04. The van der Waals surface area contributed by atoms with Crippen LogP contribution in [0, 0.1) is 28.4 Å². The predicted molar refractivity (Wildman–Crippen MR) is 107 cm³/mol. The lowest BCUT2D eigenvalue weighted by molar-refractivity contribution is -0.384. The van der Waals surface area contributed by atoms with Crippen LogP contribution in [-0.2, 0) is 0 Å². The van der Waals surface area contributed by atoms with Crippen molar-refractivity contribution in [3.05, 3.63) is 86.1 Å². The molecule has 1 unspecified atom stereocenters. The number of nitro benzene ring substituents is 1. The summed E-state index contributed by atoms with van der Waals surface area (Å²) in [6.45, 7) is 1.78. The quantitative estimate of drug-likeness (QED) is 0.521. The number of fused-ring (bicyclic) bond motifs is 1. The zero-order valence-corrected chi connectivity index (χ0v) is 15.9. The smallest absolute Gasteiger partial charge is 0.270 e. The summed E-state index contributed by atoms with van der Waals surface area (Å²) in [6.07, 6.45) is -1.04. The Kier molecular flexibility index (Phi) is 4.54. The highest BCUT2D eigenvalue weighted by molar-refractivity contribution is 6.30. The zero-order valence-electron chi connectivity index (χ0n) is 15.2. The number of nitrogens with zero attached hydrogens (tertiary/aromatic N) is 4. The van der Waals surface area contributed by atoms with E-state index in [-0.39, 0.29) is 11.3 Å². The molecule has 0 amide bonds. The summed E-state index contributed by atoms with van der Waals surface area (Å²) in [6, 6.07) is 15.1. The van der Waals surface area contributed by atoms with Gasteiger partial charge in [-0.15, -0.1) is 0 Å². The molecule has 1 atom stereocenters. The van der Waals surface area contributed by atoms with Crippen molar-refractivity contribution >= 4 is 22.9 Å². The molecule has 8 nitrogen and oxygen atoms in total. The van der Waals surface area contributed by atoms with Crippen LogP contribution in [0.15, 0.2) is 54.1 Å². The van der Waals surface area contributed by atoms with Gasteiger partial charge >= 0.3 is 0 Å². The first-order chi connectivity index (χ1) is 13.9. The van der Waals surface area contributed by atoms with Gasteiger partial charge in [0.15, 0.2) is 6.23 Å². The van der Waals surface area contributed by atoms with Crippen molar-refractivity contribution in [2.75, 3.05) is 0 Å². The number of nitriles is 1. The lowest BCUT2D eigenvalue weighted by atomic mass is 9.91. The van der Waals surface area contributed by atoms with Crippen molar-refractivity contribution < 1.29 is 9.66 Å². The molecular formula is C20H14ClN5O3. The molecule has 144 valence electrons. The van der Waals surface area contributed by atoms with E-state index in [2.05, 4.69) is 11.2 Å². The topological polar surface area (TPSA) is 120 Å². The van der Waals surface area contributed by atoms with E-state index in [0.717, 1.165) is 0 Å². The van der Waals surface area contributed by atoms with E-state index in [1.165, 1.54) is 12.1 Å². The van der Waals surface area contributed by atoms with Crippen molar-refractivity contribution in [2.24, 2.45) is 5.73 Å². The van der Waals surface area contributed by atoms with Crippen LogP contribution < -0.4 is 10.5 Å². The molecule has 0 aliphatic carbocycles. The van der Waals surface area contributed by atoms with Gasteiger partial charge in [0.25, 0.3) is 5.69 Å². The van der Waals surface area contributed by atoms with Crippen LogP contribution in [-0.4, -0.2) is 20.9 Å². The van der Waals surface area contributed by atoms with Gasteiger partial charge in [-0.05, 0) is 36.8 Å². The van der Waals surface area contributed by atoms with Crippen molar-refractivity contribution in [1.29, 1.82) is 5.26 Å². The molecule has 2 N–H and O–H groups in total. The summed E-state index contributed by atoms with van der Waals surface area (Å²) in [5.74, 6) is 0.359. The SMILES string of the molecule is Cc1nn(-c2ccc(Cl)cc2)c2c1C(c1cccc([N+](=O)[O-])c1)=C(C#N)C(N)O2. The van der Waals surface area contributed by atoms with Crippen molar-refractivity contribution in [1.82, 2.24) is 9.78 Å². The van der Waals surface area contributed by atoms with E-state index < -0.39 is 11.2 Å². The Balaban J connectivity index is 1.98. The van der Waals surface area contributed by atoms with E-state index in [0.29, 0.717) is 39.0 Å². The number of hydrogen-bond acceptors (Lipinski definition) is 6. The molecule has 2 aromatic carbocycles. The van der Waals surface area contributed by atoms with Gasteiger partial charge in [-0.2, -0.15) is 10.4 Å². The first-order valence-corrected chi connectivity index (χ1v) is 8.95. The van der Waals surface area contributed by atoms with Crippen molar-refractivity contribution in [3.63, 3.8) is 0 Å². The van der Waals surface area contributed by atoms with E-state index >= 15 is 0 Å². The Morgan fingerprint density at radius 2 is 2.03 bits per heavy atom. The third-order valence-electron chi connectivity index (χ3n) is 4.60. The molecule has 1 aliphatic rings. The number of nitro groups is 1. The lowest BCUT2D eigenvalue weighted by Gasteiger charge is -2.24. The molecule has 3 aromatic rings. The first-order valence-electron chi connectivity index (χ1n) is 8.58. The normalized spacial score (nSPS) is 15.4. The Bertz CT molecular complexity index is 1210. The summed E-state index contributed by atoms with van der Waals surface area (Å²) >= 11 is 5.97. The average Bonchev–Trinajstić information content (AvgIpc) is 3.03. The number of halogens is 1. The Labute approximate surface area is 170 Å². The maximum Gasteiger partial charge on any atom is 0.270 e. The summed E-state index contributed by atoms with van der Waals surface area (Å²) in [5.41, 5.74) is 9.03. The molecule has 29 heavy (non-hydrogen) atoms. The Morgan fingerprint density at radius 3 is 2.69 bits per heavy atom. The number of hydrogen-bond donors (Lipinski definition) is 1. The predicted octanol–water partition coefficient (Wildman–Crippen LogP) is 3.75. The van der Waals surface area contributed by atoms with E-state index in [9.17, 15) is 15.4 Å². The number of ether oxygens (including phenoxy) is 1. The fourth-order valence-corrected chi connectivity index (χ4v) is 3.44. The Morgan fingerprint density at radius 1 is 1.31 bits per heavy atom. The number of rotatable bonds is 3. The van der Waals surface area contributed by atoms with Gasteiger partial charge in [0, 0.05) is 22.7 Å². The molecule has 4 rings (SSSR count). The lowest BCUT2D eigenvalue weighted by Crippen LogP contribution is -2.33. The Hall–Kier alpha value is -3.67. The van der Waals surface area contributed by atoms with Crippen LogP contribution in [0.4, 0.5) is 5.69 Å². The molecule has 1 aliphatic heterocycles. The highest BCUT2D eigenvalue weighted by atomic mass is 35.5. The summed E-state index contributed by atoms with van der Waals surface area (Å²) in [5, 5.41) is 26.0. The molecule has 0 spiro atoms. The fraction of sp³-hybridized carbons (Fsp3) is 0.100. The second kappa shape index (κ2) is 7.05. The second-order valence-corrected chi connectivity index (χ2v) is 6.84. The molecule has 0 saturated heterocycles. The van der Waals surface area contributed by atoms with E-state index in [1.54, 1.807) is 48.0 Å². The van der Waals surface area contributed by atoms with Crippen LogP contribution in [0.5, 0.6) is 5.88 Å². The third-order valence-corrected chi connectivity index (χ3v) is 4.85. The highest BCUT2D eigenvalue weighted by Gasteiger charge is 2.33. The first kappa shape index (κ1) is 18.7. The van der Waals surface area contributed by atoms with Gasteiger partial charge in [-0.25, -0.2) is 4.68 Å².